The molecule has 62 heavy (non-hydrogen) atoms. The molecule has 12 rings (SSSR count). The molecule has 4 heteroatoms. The Bertz CT molecular complexity index is 3490. The first-order chi connectivity index (χ1) is 30.7. The van der Waals surface area contributed by atoms with Crippen LogP contribution >= 0.6 is 22.7 Å². The molecular weight excluding hydrogens is 789 g/mol. The molecule has 0 unspecified atom stereocenters. The molecule has 0 N–H and O–H groups in total. The normalized spacial score (nSPS) is 11.5. The van der Waals surface area contributed by atoms with Crippen LogP contribution in [0.4, 0.5) is 0 Å². The number of nitrogens with zero attached hydrogens (tertiary/aromatic N) is 2. The summed E-state index contributed by atoms with van der Waals surface area (Å²) in [6.07, 6.45) is 0. The number of benzene rings is 9. The summed E-state index contributed by atoms with van der Waals surface area (Å²) in [5.41, 5.74) is 14.0. The lowest BCUT2D eigenvalue weighted by Gasteiger charge is -2.21. The maximum atomic E-state index is 5.70. The zero-order valence-corrected chi connectivity index (χ0v) is 35.1. The Morgan fingerprint density at radius 2 is 0.694 bits per heavy atom. The second kappa shape index (κ2) is 15.2. The third kappa shape index (κ3) is 6.23. The molecule has 0 amide bonds. The number of thiophene rings is 2. The van der Waals surface area contributed by atoms with Gasteiger partial charge in [0.15, 0.2) is 5.82 Å². The molecule has 0 aliphatic carbocycles. The fraction of sp³-hybridized carbons (Fsp3) is 0. The highest BCUT2D eigenvalue weighted by molar-refractivity contribution is 7.26. The van der Waals surface area contributed by atoms with E-state index < -0.39 is 0 Å². The van der Waals surface area contributed by atoms with E-state index in [0.29, 0.717) is 5.82 Å². The summed E-state index contributed by atoms with van der Waals surface area (Å²) in [4.78, 5) is 11.4. The van der Waals surface area contributed by atoms with Crippen molar-refractivity contribution >= 4 is 63.0 Å². The highest BCUT2D eigenvalue weighted by atomic mass is 32.1. The summed E-state index contributed by atoms with van der Waals surface area (Å²) < 4.78 is 4.98. The van der Waals surface area contributed by atoms with Crippen LogP contribution in [-0.2, 0) is 0 Å². The van der Waals surface area contributed by atoms with Gasteiger partial charge in [0.2, 0.25) is 0 Å². The molecule has 12 aromatic rings. The first kappa shape index (κ1) is 36.4. The Morgan fingerprint density at radius 1 is 0.274 bits per heavy atom. The van der Waals surface area contributed by atoms with Gasteiger partial charge in [-0.25, -0.2) is 9.97 Å². The molecule has 0 fully saturated rings. The van der Waals surface area contributed by atoms with Crippen LogP contribution in [-0.4, -0.2) is 9.97 Å². The Labute approximate surface area is 367 Å². The fourth-order valence-corrected chi connectivity index (χ4v) is 11.5. The van der Waals surface area contributed by atoms with Gasteiger partial charge in [-0.05, 0) is 69.3 Å². The Kier molecular flexibility index (Phi) is 8.91. The predicted octanol–water partition coefficient (Wildman–Crippen LogP) is 16.9. The van der Waals surface area contributed by atoms with Crippen molar-refractivity contribution < 1.29 is 0 Å². The summed E-state index contributed by atoms with van der Waals surface area (Å²) in [6.45, 7) is 0. The molecule has 0 radical (unpaired) electrons. The summed E-state index contributed by atoms with van der Waals surface area (Å²) in [6, 6.07) is 78.6. The molecule has 0 aliphatic rings. The van der Waals surface area contributed by atoms with Crippen molar-refractivity contribution in [3.63, 3.8) is 0 Å². The highest BCUT2D eigenvalue weighted by Crippen LogP contribution is 2.48. The van der Waals surface area contributed by atoms with Crippen LogP contribution in [0, 0.1) is 0 Å². The lowest BCUT2D eigenvalue weighted by molar-refractivity contribution is 1.19. The van der Waals surface area contributed by atoms with Crippen LogP contribution in [0.5, 0.6) is 0 Å². The molecule has 0 saturated carbocycles. The van der Waals surface area contributed by atoms with Crippen molar-refractivity contribution in [1.29, 1.82) is 0 Å². The number of aromatic nitrogens is 2. The molecule has 0 saturated heterocycles. The average molecular weight is 825 g/mol. The first-order valence-electron chi connectivity index (χ1n) is 20.9. The topological polar surface area (TPSA) is 25.8 Å². The Balaban J connectivity index is 1.22. The van der Waals surface area contributed by atoms with E-state index in [-0.39, 0.29) is 0 Å². The summed E-state index contributed by atoms with van der Waals surface area (Å²) in [5.74, 6) is 0.682. The highest BCUT2D eigenvalue weighted by Gasteiger charge is 2.24. The van der Waals surface area contributed by atoms with E-state index in [2.05, 4.69) is 218 Å². The van der Waals surface area contributed by atoms with E-state index in [4.69, 9.17) is 9.97 Å². The van der Waals surface area contributed by atoms with E-state index in [0.717, 1.165) is 72.6 Å². The third-order valence-electron chi connectivity index (χ3n) is 11.9. The maximum absolute atomic E-state index is 5.70. The number of hydrogen-bond donors (Lipinski definition) is 0. The SMILES string of the molecule is c1ccc(-c2cc(-c3ccccc3)c(-c3ccccc3-c3ccccc3)c(-c3nc(-c4cccc5c4sc4ccccc45)cc(-c4cccc5c4sc4ccccc45)n3)c2)cc1. The fourth-order valence-electron chi connectivity index (χ4n) is 9.06. The van der Waals surface area contributed by atoms with E-state index in [1.165, 1.54) is 40.3 Å². The molecule has 290 valence electrons. The van der Waals surface area contributed by atoms with Gasteiger partial charge in [-0.1, -0.05) is 188 Å². The minimum absolute atomic E-state index is 0.682. The predicted molar refractivity (Wildman–Crippen MR) is 266 cm³/mol. The van der Waals surface area contributed by atoms with Gasteiger partial charge in [-0.15, -0.1) is 22.7 Å². The van der Waals surface area contributed by atoms with Gasteiger partial charge >= 0.3 is 0 Å². The lowest BCUT2D eigenvalue weighted by Crippen LogP contribution is -2.00. The third-order valence-corrected chi connectivity index (χ3v) is 14.4. The minimum atomic E-state index is 0.682. The first-order valence-corrected chi connectivity index (χ1v) is 22.5. The molecule has 0 bridgehead atoms. The van der Waals surface area contributed by atoms with Gasteiger partial charge < -0.3 is 0 Å². The maximum Gasteiger partial charge on any atom is 0.161 e. The van der Waals surface area contributed by atoms with Crippen molar-refractivity contribution in [3.05, 3.63) is 218 Å². The number of hydrogen-bond acceptors (Lipinski definition) is 4. The van der Waals surface area contributed by atoms with Gasteiger partial charge in [-0.3, -0.25) is 0 Å². The van der Waals surface area contributed by atoms with Crippen LogP contribution in [0.25, 0.3) is 119 Å². The molecule has 0 aliphatic heterocycles. The average Bonchev–Trinajstić information content (AvgIpc) is 3.93. The Morgan fingerprint density at radius 3 is 1.26 bits per heavy atom. The lowest BCUT2D eigenvalue weighted by atomic mass is 9.84. The van der Waals surface area contributed by atoms with Crippen LogP contribution in [0.15, 0.2) is 218 Å². The van der Waals surface area contributed by atoms with Crippen LogP contribution in [0.3, 0.4) is 0 Å². The van der Waals surface area contributed by atoms with Crippen LogP contribution < -0.4 is 0 Å². The minimum Gasteiger partial charge on any atom is -0.228 e. The summed E-state index contributed by atoms with van der Waals surface area (Å²) in [5, 5.41) is 5.02. The van der Waals surface area contributed by atoms with Gasteiger partial charge in [0.1, 0.15) is 0 Å². The molecular formula is C58H36N2S2. The summed E-state index contributed by atoms with van der Waals surface area (Å²) >= 11 is 3.67. The van der Waals surface area contributed by atoms with Crippen molar-refractivity contribution in [3.8, 4) is 78.4 Å². The van der Waals surface area contributed by atoms with Crippen molar-refractivity contribution in [2.75, 3.05) is 0 Å². The Hall–Kier alpha value is -7.50. The van der Waals surface area contributed by atoms with Gasteiger partial charge in [0.05, 0.1) is 11.4 Å². The molecule has 0 atom stereocenters. The molecule has 9 aromatic carbocycles. The van der Waals surface area contributed by atoms with Crippen molar-refractivity contribution in [2.24, 2.45) is 0 Å². The van der Waals surface area contributed by atoms with Crippen molar-refractivity contribution in [2.45, 2.75) is 0 Å². The second-order valence-corrected chi connectivity index (χ2v) is 17.7. The standard InChI is InChI=1S/C58H36N2S2/c1-4-18-37(19-5-1)40-34-49(39-22-8-3-9-23-39)55(44-27-11-10-24-41(44)38-20-6-2-7-21-38)50(35-40)58-59-51(47-30-16-28-45-42-25-12-14-32-53(42)61-56(45)47)36-52(60-58)48-31-17-29-46-43-26-13-15-33-54(43)62-57(46)48/h1-36H. The zero-order valence-electron chi connectivity index (χ0n) is 33.5. The van der Waals surface area contributed by atoms with E-state index in [1.807, 2.05) is 22.7 Å². The van der Waals surface area contributed by atoms with Crippen LogP contribution in [0.1, 0.15) is 0 Å². The van der Waals surface area contributed by atoms with Crippen molar-refractivity contribution in [1.82, 2.24) is 9.97 Å². The van der Waals surface area contributed by atoms with E-state index in [1.54, 1.807) is 0 Å². The van der Waals surface area contributed by atoms with E-state index in [9.17, 15) is 0 Å². The number of fused-ring (bicyclic) bond motifs is 6. The second-order valence-electron chi connectivity index (χ2n) is 15.6. The quantitative estimate of drug-likeness (QED) is 0.160. The summed E-state index contributed by atoms with van der Waals surface area (Å²) in [7, 11) is 0. The van der Waals surface area contributed by atoms with Gasteiger partial charge in [0, 0.05) is 62.6 Å². The smallest absolute Gasteiger partial charge is 0.161 e. The van der Waals surface area contributed by atoms with Gasteiger partial charge in [0.25, 0.3) is 0 Å². The molecule has 3 aromatic heterocycles. The van der Waals surface area contributed by atoms with Gasteiger partial charge in [-0.2, -0.15) is 0 Å². The monoisotopic (exact) mass is 824 g/mol. The molecule has 0 spiro atoms. The zero-order chi connectivity index (χ0) is 41.0. The number of rotatable bonds is 7. The molecule has 3 heterocycles. The van der Waals surface area contributed by atoms with E-state index >= 15 is 0 Å². The van der Waals surface area contributed by atoms with Crippen LogP contribution in [0.2, 0.25) is 0 Å². The molecule has 2 nitrogen and oxygen atoms in total. The largest absolute Gasteiger partial charge is 0.228 e.